The number of aromatic nitrogens is 2. The van der Waals surface area contributed by atoms with Gasteiger partial charge < -0.3 is 4.74 Å². The zero-order valence-corrected chi connectivity index (χ0v) is 24.8. The summed E-state index contributed by atoms with van der Waals surface area (Å²) in [6, 6.07) is 16.3. The van der Waals surface area contributed by atoms with Crippen molar-refractivity contribution in [2.45, 2.75) is 44.2 Å². The van der Waals surface area contributed by atoms with E-state index in [1.807, 2.05) is 13.8 Å². The number of anilines is 1. The minimum atomic E-state index is -4.22. The highest BCUT2D eigenvalue weighted by atomic mass is 35.5. The largest absolute Gasteiger partial charge is 0.495 e. The van der Waals surface area contributed by atoms with Gasteiger partial charge in [-0.3, -0.25) is 19.1 Å². The Morgan fingerprint density at radius 2 is 1.64 bits per heavy atom. The number of Topliss-reactive ketones (excluding diaryl/α,β-unsaturated/α-hetero) is 1. The fourth-order valence-electron chi connectivity index (χ4n) is 6.13. The van der Waals surface area contributed by atoms with Gasteiger partial charge in [0.05, 0.1) is 30.1 Å². The molecule has 3 aromatic carbocycles. The van der Waals surface area contributed by atoms with E-state index in [0.717, 1.165) is 5.57 Å². The summed E-state index contributed by atoms with van der Waals surface area (Å²) in [5.41, 5.74) is 0.643. The Bertz CT molecular complexity index is 2060. The molecular weight excluding hydrogens is 578 g/mol. The van der Waals surface area contributed by atoms with Crippen molar-refractivity contribution in [2.24, 2.45) is 5.41 Å². The van der Waals surface area contributed by atoms with E-state index < -0.39 is 21.6 Å². The van der Waals surface area contributed by atoms with Crippen molar-refractivity contribution in [3.05, 3.63) is 109 Å². The zero-order chi connectivity index (χ0) is 30.0. The van der Waals surface area contributed by atoms with Gasteiger partial charge in [-0.25, -0.2) is 17.8 Å². The molecule has 6 rings (SSSR count). The van der Waals surface area contributed by atoms with E-state index in [1.165, 1.54) is 34.7 Å². The van der Waals surface area contributed by atoms with Crippen LogP contribution >= 0.6 is 11.6 Å². The number of allylic oxidation sites excluding steroid dienone is 2. The van der Waals surface area contributed by atoms with Gasteiger partial charge in [-0.05, 0) is 65.4 Å². The molecule has 1 aromatic heterocycles. The number of hydrogen-bond acceptors (Lipinski definition) is 6. The maximum absolute atomic E-state index is 14.0. The van der Waals surface area contributed by atoms with Crippen LogP contribution in [-0.2, 0) is 21.4 Å². The predicted octanol–water partition coefficient (Wildman–Crippen LogP) is 4.91. The molecule has 2 heterocycles. The molecule has 1 atom stereocenters. The summed E-state index contributed by atoms with van der Waals surface area (Å²) in [6.45, 7) is 4.08. The van der Waals surface area contributed by atoms with Crippen LogP contribution in [0.1, 0.15) is 38.3 Å². The lowest BCUT2D eigenvalue weighted by atomic mass is 9.71. The molecule has 1 aliphatic heterocycles. The number of ether oxygens (including phenoxy) is 1. The highest BCUT2D eigenvalue weighted by molar-refractivity contribution is 7.92. The van der Waals surface area contributed by atoms with Crippen LogP contribution < -0.4 is 20.6 Å². The number of nitrogens with one attached hydrogen (secondary N) is 1. The Morgan fingerprint density at radius 1 is 0.929 bits per heavy atom. The molecular formula is C31H28ClN3O6S. The van der Waals surface area contributed by atoms with Gasteiger partial charge in [-0.2, -0.15) is 0 Å². The molecule has 0 spiro atoms. The van der Waals surface area contributed by atoms with Crippen molar-refractivity contribution < 1.29 is 17.9 Å². The van der Waals surface area contributed by atoms with Crippen molar-refractivity contribution in [3.63, 3.8) is 0 Å². The number of sulfonamides is 1. The molecule has 2 aliphatic rings. The van der Waals surface area contributed by atoms with Crippen molar-refractivity contribution in [1.82, 2.24) is 9.36 Å². The second-order valence-corrected chi connectivity index (χ2v) is 13.5. The van der Waals surface area contributed by atoms with Crippen LogP contribution in [0.15, 0.2) is 92.4 Å². The van der Waals surface area contributed by atoms with Gasteiger partial charge in [0.2, 0.25) is 0 Å². The highest BCUT2D eigenvalue weighted by Gasteiger charge is 2.42. The Hall–Kier alpha value is -4.15. The average molecular weight is 606 g/mol. The van der Waals surface area contributed by atoms with Crippen LogP contribution in [0.25, 0.3) is 10.8 Å². The second kappa shape index (κ2) is 9.99. The quantitative estimate of drug-likeness (QED) is 0.345. The Balaban J connectivity index is 1.61. The number of ketones is 1. The third-order valence-corrected chi connectivity index (χ3v) is 9.47. The van der Waals surface area contributed by atoms with Crippen LogP contribution in [-0.4, -0.2) is 30.7 Å². The van der Waals surface area contributed by atoms with E-state index in [4.69, 9.17) is 16.3 Å². The van der Waals surface area contributed by atoms with Crippen LogP contribution in [0.2, 0.25) is 5.02 Å². The molecule has 1 unspecified atom stereocenters. The standard InChI is InChI=1S/C31H28ClN3O6S/c1-31(2)15-19-17-34-29(37)22-9-4-5-10-23(22)30(38)35(34)28(27(19)24(36)16-31)18-11-12-25(41-3)26(13-18)42(39,40)33-21-8-6-7-20(32)14-21/h4-14,28,33H,15-17H2,1-3H3. The molecule has 11 heteroatoms. The van der Waals surface area contributed by atoms with Gasteiger partial charge in [0, 0.05) is 17.0 Å². The van der Waals surface area contributed by atoms with E-state index in [0.29, 0.717) is 22.6 Å². The first-order chi connectivity index (χ1) is 19.9. The Kier molecular flexibility index (Phi) is 6.66. The molecule has 0 fully saturated rings. The molecule has 0 amide bonds. The lowest BCUT2D eigenvalue weighted by Crippen LogP contribution is -2.47. The van der Waals surface area contributed by atoms with Crippen LogP contribution in [0, 0.1) is 5.41 Å². The molecule has 0 bridgehead atoms. The maximum Gasteiger partial charge on any atom is 0.274 e. The number of carbonyl (C=O) groups excluding carboxylic acids is 1. The van der Waals surface area contributed by atoms with Crippen molar-refractivity contribution in [2.75, 3.05) is 11.8 Å². The minimum Gasteiger partial charge on any atom is -0.495 e. The Morgan fingerprint density at radius 3 is 2.33 bits per heavy atom. The molecule has 4 aromatic rings. The number of rotatable bonds is 5. The van der Waals surface area contributed by atoms with Crippen LogP contribution in [0.3, 0.4) is 0 Å². The van der Waals surface area contributed by atoms with Gasteiger partial charge >= 0.3 is 0 Å². The maximum atomic E-state index is 14.0. The fraction of sp³-hybridized carbons (Fsp3) is 0.258. The molecule has 0 saturated carbocycles. The average Bonchev–Trinajstić information content (AvgIpc) is 2.93. The zero-order valence-electron chi connectivity index (χ0n) is 23.2. The van der Waals surface area contributed by atoms with Crippen LogP contribution in [0.4, 0.5) is 5.69 Å². The van der Waals surface area contributed by atoms with Gasteiger partial charge in [0.25, 0.3) is 21.1 Å². The van der Waals surface area contributed by atoms with Gasteiger partial charge in [0.1, 0.15) is 16.7 Å². The molecule has 0 radical (unpaired) electrons. The fourth-order valence-corrected chi connectivity index (χ4v) is 7.57. The first kappa shape index (κ1) is 28.0. The summed E-state index contributed by atoms with van der Waals surface area (Å²) in [4.78, 5) is 41.3. The summed E-state index contributed by atoms with van der Waals surface area (Å²) in [5.74, 6) is -0.0695. The van der Waals surface area contributed by atoms with Crippen molar-refractivity contribution in [1.29, 1.82) is 0 Å². The number of methoxy groups -OCH3 is 1. The van der Waals surface area contributed by atoms with Crippen molar-refractivity contribution in [3.8, 4) is 5.75 Å². The minimum absolute atomic E-state index is 0.0673. The van der Waals surface area contributed by atoms with E-state index in [1.54, 1.807) is 48.5 Å². The lowest BCUT2D eigenvalue weighted by molar-refractivity contribution is -0.118. The topological polar surface area (TPSA) is 116 Å². The van der Waals surface area contributed by atoms with E-state index in [9.17, 15) is 22.8 Å². The Labute approximate surface area is 247 Å². The summed E-state index contributed by atoms with van der Waals surface area (Å²) in [5, 5.41) is 0.858. The number of halogens is 1. The number of fused-ring (bicyclic) bond motifs is 2. The van der Waals surface area contributed by atoms with Gasteiger partial charge in [-0.1, -0.05) is 49.7 Å². The third-order valence-electron chi connectivity index (χ3n) is 7.83. The first-order valence-corrected chi connectivity index (χ1v) is 15.2. The molecule has 216 valence electrons. The third kappa shape index (κ3) is 4.64. The summed E-state index contributed by atoms with van der Waals surface area (Å²) < 4.78 is 38.0. The SMILES string of the molecule is COc1ccc(C2C3=C(Cn4c(=O)c5ccccc5c(=O)n42)CC(C)(C)CC3=O)cc1S(=O)(=O)Nc1cccc(Cl)c1. The molecule has 1 aliphatic carbocycles. The summed E-state index contributed by atoms with van der Waals surface area (Å²) in [6.07, 6.45) is 0.808. The van der Waals surface area contributed by atoms with Crippen LogP contribution in [0.5, 0.6) is 5.75 Å². The van der Waals surface area contributed by atoms with E-state index in [2.05, 4.69) is 4.72 Å². The number of nitrogens with zero attached hydrogens (tertiary/aromatic N) is 2. The first-order valence-electron chi connectivity index (χ1n) is 13.4. The van der Waals surface area contributed by atoms with Gasteiger partial charge in [-0.15, -0.1) is 0 Å². The highest BCUT2D eigenvalue weighted by Crippen LogP contribution is 2.45. The molecule has 9 nitrogen and oxygen atoms in total. The molecule has 42 heavy (non-hydrogen) atoms. The number of benzene rings is 3. The van der Waals surface area contributed by atoms with E-state index >= 15 is 0 Å². The van der Waals surface area contributed by atoms with Crippen molar-refractivity contribution >= 4 is 43.9 Å². The monoisotopic (exact) mass is 605 g/mol. The smallest absolute Gasteiger partial charge is 0.274 e. The van der Waals surface area contributed by atoms with E-state index in [-0.39, 0.29) is 56.8 Å². The second-order valence-electron chi connectivity index (χ2n) is 11.4. The normalized spacial score (nSPS) is 18.0. The lowest BCUT2D eigenvalue weighted by Gasteiger charge is -2.40. The predicted molar refractivity (Wildman–Crippen MR) is 161 cm³/mol. The molecule has 0 saturated heterocycles. The number of hydrogen-bond donors (Lipinski definition) is 1. The summed E-state index contributed by atoms with van der Waals surface area (Å²) in [7, 11) is -2.86. The number of carbonyl (C=O) groups is 1. The summed E-state index contributed by atoms with van der Waals surface area (Å²) >= 11 is 6.06. The molecule has 1 N–H and O–H groups in total. The van der Waals surface area contributed by atoms with Gasteiger partial charge in [0.15, 0.2) is 5.78 Å².